The predicted molar refractivity (Wildman–Crippen MR) is 85.0 cm³/mol. The molecule has 1 aliphatic heterocycles. The van der Waals surface area contributed by atoms with Crippen molar-refractivity contribution < 1.29 is 9.47 Å². The third kappa shape index (κ3) is 3.46. The molecule has 3 N–H and O–H groups in total. The number of nitrogens with two attached hydrogens (primary N) is 1. The lowest BCUT2D eigenvalue weighted by molar-refractivity contribution is -0.111. The molecule has 1 fully saturated rings. The van der Waals surface area contributed by atoms with Gasteiger partial charge >= 0.3 is 0 Å². The van der Waals surface area contributed by atoms with Gasteiger partial charge in [-0.3, -0.25) is 11.3 Å². The highest BCUT2D eigenvalue weighted by atomic mass is 16.5. The van der Waals surface area contributed by atoms with Gasteiger partial charge in [0.1, 0.15) is 0 Å². The minimum absolute atomic E-state index is 0.0274. The summed E-state index contributed by atoms with van der Waals surface area (Å²) in [4.78, 5) is 0. The van der Waals surface area contributed by atoms with Crippen LogP contribution in [0.15, 0.2) is 24.3 Å². The Labute approximate surface area is 128 Å². The summed E-state index contributed by atoms with van der Waals surface area (Å²) < 4.78 is 11.3. The van der Waals surface area contributed by atoms with Gasteiger partial charge in [-0.1, -0.05) is 45.0 Å². The van der Waals surface area contributed by atoms with Crippen molar-refractivity contribution in [3.8, 4) is 0 Å². The van der Waals surface area contributed by atoms with Gasteiger partial charge in [-0.15, -0.1) is 0 Å². The summed E-state index contributed by atoms with van der Waals surface area (Å²) >= 11 is 0. The van der Waals surface area contributed by atoms with E-state index < -0.39 is 0 Å². The highest BCUT2D eigenvalue weighted by Gasteiger charge is 2.41. The number of hydrazine groups is 1. The Kier molecular flexibility index (Phi) is 5.04. The maximum absolute atomic E-state index is 5.86. The fraction of sp³-hybridized carbons (Fsp3) is 0.647. The predicted octanol–water partition coefficient (Wildman–Crippen LogP) is 2.68. The van der Waals surface area contributed by atoms with E-state index in [1.165, 1.54) is 5.56 Å². The first kappa shape index (κ1) is 16.4. The topological polar surface area (TPSA) is 56.5 Å². The lowest BCUT2D eigenvalue weighted by atomic mass is 9.80. The number of nitrogens with one attached hydrogen (secondary N) is 1. The quantitative estimate of drug-likeness (QED) is 0.662. The Morgan fingerprint density at radius 2 is 1.76 bits per heavy atom. The molecule has 1 aromatic rings. The molecule has 1 atom stereocenters. The highest BCUT2D eigenvalue weighted by molar-refractivity contribution is 5.30. The molecule has 0 radical (unpaired) electrons. The van der Waals surface area contributed by atoms with Gasteiger partial charge in [-0.25, -0.2) is 0 Å². The van der Waals surface area contributed by atoms with Crippen LogP contribution >= 0.6 is 0 Å². The van der Waals surface area contributed by atoms with Gasteiger partial charge in [-0.2, -0.15) is 0 Å². The van der Waals surface area contributed by atoms with Crippen LogP contribution in [0.4, 0.5) is 0 Å². The molecule has 2 rings (SSSR count). The van der Waals surface area contributed by atoms with Gasteiger partial charge in [0.15, 0.2) is 0 Å². The average Bonchev–Trinajstić information content (AvgIpc) is 2.48. The molecule has 0 amide bonds. The van der Waals surface area contributed by atoms with Gasteiger partial charge in [-0.05, 0) is 16.5 Å². The van der Waals surface area contributed by atoms with Gasteiger partial charge in [0, 0.05) is 33.2 Å². The average molecular weight is 292 g/mol. The molecule has 0 bridgehead atoms. The van der Waals surface area contributed by atoms with Gasteiger partial charge in [0.2, 0.25) is 0 Å². The van der Waals surface area contributed by atoms with Crippen LogP contribution in [0.25, 0.3) is 0 Å². The van der Waals surface area contributed by atoms with E-state index in [1.54, 1.807) is 7.11 Å². The summed E-state index contributed by atoms with van der Waals surface area (Å²) in [6.07, 6.45) is 1.69. The monoisotopic (exact) mass is 292 g/mol. The molecule has 4 heteroatoms. The second-order valence-electron chi connectivity index (χ2n) is 6.85. The highest BCUT2D eigenvalue weighted by Crippen LogP contribution is 2.37. The fourth-order valence-corrected chi connectivity index (χ4v) is 3.05. The molecular weight excluding hydrogens is 264 g/mol. The van der Waals surface area contributed by atoms with Gasteiger partial charge < -0.3 is 9.47 Å². The van der Waals surface area contributed by atoms with E-state index in [0.717, 1.165) is 18.4 Å². The number of ether oxygens (including phenoxy) is 2. The first-order chi connectivity index (χ1) is 9.93. The SMILES string of the molecule is COC1(C(NN)c2ccc(C(C)(C)C)cc2)CCOCC1. The standard InChI is InChI=1S/C17H28N2O2/c1-16(2,3)14-7-5-13(6-8-14)15(19-18)17(20-4)9-11-21-12-10-17/h5-8,15,19H,9-12,18H2,1-4H3. The fourth-order valence-electron chi connectivity index (χ4n) is 3.05. The second kappa shape index (κ2) is 6.44. The Hall–Kier alpha value is -0.940. The molecule has 4 nitrogen and oxygen atoms in total. The normalized spacial score (nSPS) is 20.2. The third-order valence-corrected chi connectivity index (χ3v) is 4.55. The zero-order valence-corrected chi connectivity index (χ0v) is 13.6. The van der Waals surface area contributed by atoms with Crippen LogP contribution in [0.3, 0.4) is 0 Å². The zero-order valence-electron chi connectivity index (χ0n) is 13.6. The van der Waals surface area contributed by atoms with Crippen LogP contribution in [0.1, 0.15) is 50.8 Å². The maximum Gasteiger partial charge on any atom is 0.0929 e. The first-order valence-electron chi connectivity index (χ1n) is 7.62. The molecule has 0 saturated carbocycles. The van der Waals surface area contributed by atoms with Crippen LogP contribution in [0, 0.1) is 0 Å². The van der Waals surface area contributed by atoms with Crippen LogP contribution in [-0.4, -0.2) is 25.9 Å². The van der Waals surface area contributed by atoms with Crippen LogP contribution < -0.4 is 11.3 Å². The summed E-state index contributed by atoms with van der Waals surface area (Å²) in [7, 11) is 1.76. The summed E-state index contributed by atoms with van der Waals surface area (Å²) in [5.74, 6) is 5.85. The van der Waals surface area contributed by atoms with E-state index in [-0.39, 0.29) is 17.1 Å². The van der Waals surface area contributed by atoms with Crippen molar-refractivity contribution in [2.24, 2.45) is 5.84 Å². The Morgan fingerprint density at radius 3 is 2.19 bits per heavy atom. The minimum atomic E-state index is -0.295. The molecular formula is C17H28N2O2. The van der Waals surface area contributed by atoms with Crippen molar-refractivity contribution in [1.82, 2.24) is 5.43 Å². The van der Waals surface area contributed by atoms with Crippen molar-refractivity contribution in [1.29, 1.82) is 0 Å². The number of methoxy groups -OCH3 is 1. The molecule has 21 heavy (non-hydrogen) atoms. The lowest BCUT2D eigenvalue weighted by Gasteiger charge is -2.42. The molecule has 0 spiro atoms. The van der Waals surface area contributed by atoms with Crippen molar-refractivity contribution in [2.45, 2.75) is 50.7 Å². The third-order valence-electron chi connectivity index (χ3n) is 4.55. The van der Waals surface area contributed by atoms with Gasteiger partial charge in [0.25, 0.3) is 0 Å². The zero-order chi connectivity index (χ0) is 15.5. The number of hydrogen-bond donors (Lipinski definition) is 2. The molecule has 118 valence electrons. The van der Waals surface area contributed by atoms with Crippen LogP contribution in [0.2, 0.25) is 0 Å². The smallest absolute Gasteiger partial charge is 0.0929 e. The van der Waals surface area contributed by atoms with Crippen LogP contribution in [0.5, 0.6) is 0 Å². The van der Waals surface area contributed by atoms with Crippen LogP contribution in [-0.2, 0) is 14.9 Å². The van der Waals surface area contributed by atoms with E-state index in [1.807, 2.05) is 0 Å². The molecule has 1 unspecified atom stereocenters. The number of benzene rings is 1. The summed E-state index contributed by atoms with van der Waals surface area (Å²) in [6, 6.07) is 8.65. The Balaban J connectivity index is 2.28. The molecule has 0 aliphatic carbocycles. The molecule has 1 aliphatic rings. The second-order valence-corrected chi connectivity index (χ2v) is 6.85. The van der Waals surface area contributed by atoms with E-state index in [0.29, 0.717) is 13.2 Å². The molecule has 1 saturated heterocycles. The molecule has 0 aromatic heterocycles. The van der Waals surface area contributed by atoms with E-state index in [2.05, 4.69) is 50.5 Å². The maximum atomic E-state index is 5.86. The Morgan fingerprint density at radius 1 is 1.19 bits per heavy atom. The van der Waals surface area contributed by atoms with E-state index in [4.69, 9.17) is 15.3 Å². The first-order valence-corrected chi connectivity index (χ1v) is 7.62. The summed E-state index contributed by atoms with van der Waals surface area (Å²) in [5.41, 5.74) is 5.30. The van der Waals surface area contributed by atoms with Crippen molar-refractivity contribution in [3.63, 3.8) is 0 Å². The van der Waals surface area contributed by atoms with E-state index in [9.17, 15) is 0 Å². The van der Waals surface area contributed by atoms with Crippen molar-refractivity contribution >= 4 is 0 Å². The largest absolute Gasteiger partial charge is 0.381 e. The van der Waals surface area contributed by atoms with E-state index >= 15 is 0 Å². The lowest BCUT2D eigenvalue weighted by Crippen LogP contribution is -2.51. The minimum Gasteiger partial charge on any atom is -0.381 e. The van der Waals surface area contributed by atoms with Crippen molar-refractivity contribution in [3.05, 3.63) is 35.4 Å². The van der Waals surface area contributed by atoms with Crippen molar-refractivity contribution in [2.75, 3.05) is 20.3 Å². The summed E-state index contributed by atoms with van der Waals surface area (Å²) in [6.45, 7) is 8.08. The summed E-state index contributed by atoms with van der Waals surface area (Å²) in [5, 5.41) is 0. The molecule has 1 aromatic carbocycles. The Bertz CT molecular complexity index is 445. The number of rotatable bonds is 4. The van der Waals surface area contributed by atoms with Gasteiger partial charge in [0.05, 0.1) is 11.6 Å². The molecule has 1 heterocycles. The number of hydrogen-bond acceptors (Lipinski definition) is 4.